The second-order valence-electron chi connectivity index (χ2n) is 5.38. The SMILES string of the molecule is C=CC(=O)N(C)CC(=O)N1CCCC12CCOCC2. The van der Waals surface area contributed by atoms with Gasteiger partial charge in [-0.3, -0.25) is 9.59 Å². The molecule has 0 N–H and O–H groups in total. The maximum absolute atomic E-state index is 12.4. The van der Waals surface area contributed by atoms with E-state index in [1.807, 2.05) is 4.90 Å². The zero-order chi connectivity index (χ0) is 13.9. The summed E-state index contributed by atoms with van der Waals surface area (Å²) in [5, 5.41) is 0. The molecule has 0 bridgehead atoms. The highest BCUT2D eigenvalue weighted by Crippen LogP contribution is 2.37. The Bertz CT molecular complexity index is 375. The van der Waals surface area contributed by atoms with Crippen LogP contribution in [0.3, 0.4) is 0 Å². The summed E-state index contributed by atoms with van der Waals surface area (Å²) in [7, 11) is 1.63. The van der Waals surface area contributed by atoms with Crippen LogP contribution in [0.2, 0.25) is 0 Å². The van der Waals surface area contributed by atoms with Crippen LogP contribution in [-0.2, 0) is 14.3 Å². The first-order valence-electron chi connectivity index (χ1n) is 6.85. The third-order valence-electron chi connectivity index (χ3n) is 4.24. The van der Waals surface area contributed by atoms with Gasteiger partial charge in [-0.1, -0.05) is 6.58 Å². The fourth-order valence-corrected chi connectivity index (χ4v) is 3.12. The van der Waals surface area contributed by atoms with Crippen molar-refractivity contribution in [1.82, 2.24) is 9.80 Å². The Morgan fingerprint density at radius 2 is 2.05 bits per heavy atom. The average molecular weight is 266 g/mol. The van der Waals surface area contributed by atoms with E-state index < -0.39 is 0 Å². The van der Waals surface area contributed by atoms with Crippen LogP contribution >= 0.6 is 0 Å². The summed E-state index contributed by atoms with van der Waals surface area (Å²) in [5.74, 6) is -0.175. The highest BCUT2D eigenvalue weighted by Gasteiger charge is 2.44. The average Bonchev–Trinajstić information content (AvgIpc) is 2.81. The lowest BCUT2D eigenvalue weighted by atomic mass is 9.87. The lowest BCUT2D eigenvalue weighted by molar-refractivity contribution is -0.143. The summed E-state index contributed by atoms with van der Waals surface area (Å²) >= 11 is 0. The molecule has 5 nitrogen and oxygen atoms in total. The van der Waals surface area contributed by atoms with Crippen LogP contribution in [-0.4, -0.2) is 60.5 Å². The summed E-state index contributed by atoms with van der Waals surface area (Å²) in [4.78, 5) is 27.2. The zero-order valence-electron chi connectivity index (χ0n) is 11.6. The molecule has 106 valence electrons. The van der Waals surface area contributed by atoms with E-state index in [1.54, 1.807) is 7.05 Å². The molecule has 2 heterocycles. The standard InChI is InChI=1S/C14H22N2O3/c1-3-12(17)15(2)11-13(18)16-8-4-5-14(16)6-9-19-10-7-14/h3H,1,4-11H2,2H3. The van der Waals surface area contributed by atoms with Gasteiger partial charge in [-0.05, 0) is 31.8 Å². The number of likely N-dealkylation sites (N-methyl/N-ethyl adjacent to an activating group) is 1. The maximum Gasteiger partial charge on any atom is 0.246 e. The summed E-state index contributed by atoms with van der Waals surface area (Å²) in [6.45, 7) is 5.82. The van der Waals surface area contributed by atoms with Crippen molar-refractivity contribution in [3.8, 4) is 0 Å². The molecule has 19 heavy (non-hydrogen) atoms. The minimum absolute atomic E-state index is 0.0204. The minimum Gasteiger partial charge on any atom is -0.381 e. The van der Waals surface area contributed by atoms with Gasteiger partial charge >= 0.3 is 0 Å². The van der Waals surface area contributed by atoms with E-state index in [0.29, 0.717) is 0 Å². The molecule has 0 radical (unpaired) electrons. The molecule has 0 aliphatic carbocycles. The Morgan fingerprint density at radius 1 is 1.37 bits per heavy atom. The number of rotatable bonds is 3. The monoisotopic (exact) mass is 266 g/mol. The maximum atomic E-state index is 12.4. The molecule has 0 aromatic heterocycles. The number of ether oxygens (including phenoxy) is 1. The molecule has 0 aromatic rings. The number of likely N-dealkylation sites (tertiary alicyclic amines) is 1. The molecular weight excluding hydrogens is 244 g/mol. The van der Waals surface area contributed by atoms with Crippen molar-refractivity contribution in [2.24, 2.45) is 0 Å². The third-order valence-corrected chi connectivity index (χ3v) is 4.24. The Morgan fingerprint density at radius 3 is 2.68 bits per heavy atom. The topological polar surface area (TPSA) is 49.9 Å². The largest absolute Gasteiger partial charge is 0.381 e. The molecule has 2 rings (SSSR count). The number of hydrogen-bond acceptors (Lipinski definition) is 3. The summed E-state index contributed by atoms with van der Waals surface area (Å²) in [6, 6.07) is 0. The van der Waals surface area contributed by atoms with E-state index in [-0.39, 0.29) is 23.9 Å². The fraction of sp³-hybridized carbons (Fsp3) is 0.714. The number of nitrogens with zero attached hydrogens (tertiary/aromatic N) is 2. The molecule has 2 aliphatic rings. The van der Waals surface area contributed by atoms with Gasteiger partial charge in [-0.15, -0.1) is 0 Å². The smallest absolute Gasteiger partial charge is 0.246 e. The first kappa shape index (κ1) is 14.1. The van der Waals surface area contributed by atoms with Crippen molar-refractivity contribution in [1.29, 1.82) is 0 Å². The second kappa shape index (κ2) is 5.74. The molecule has 2 saturated heterocycles. The number of carbonyl (C=O) groups is 2. The first-order chi connectivity index (χ1) is 9.09. The molecule has 2 amide bonds. The van der Waals surface area contributed by atoms with Crippen molar-refractivity contribution in [3.05, 3.63) is 12.7 Å². The van der Waals surface area contributed by atoms with E-state index in [0.717, 1.165) is 45.4 Å². The van der Waals surface area contributed by atoms with Gasteiger partial charge in [0.1, 0.15) is 0 Å². The molecular formula is C14H22N2O3. The molecule has 0 unspecified atom stereocenters. The van der Waals surface area contributed by atoms with Crippen molar-refractivity contribution in [3.63, 3.8) is 0 Å². The van der Waals surface area contributed by atoms with Crippen LogP contribution in [0.1, 0.15) is 25.7 Å². The van der Waals surface area contributed by atoms with Crippen molar-refractivity contribution in [2.45, 2.75) is 31.2 Å². The van der Waals surface area contributed by atoms with Crippen molar-refractivity contribution >= 4 is 11.8 Å². The quantitative estimate of drug-likeness (QED) is 0.710. The van der Waals surface area contributed by atoms with Gasteiger partial charge in [0, 0.05) is 32.3 Å². The van der Waals surface area contributed by atoms with E-state index >= 15 is 0 Å². The predicted octanol–water partition coefficient (Wildman–Crippen LogP) is 0.802. The molecule has 0 aromatic carbocycles. The zero-order valence-corrected chi connectivity index (χ0v) is 11.6. The van der Waals surface area contributed by atoms with Gasteiger partial charge in [0.15, 0.2) is 0 Å². The van der Waals surface area contributed by atoms with Gasteiger partial charge in [0.25, 0.3) is 0 Å². The van der Waals surface area contributed by atoms with E-state index in [1.165, 1.54) is 11.0 Å². The normalized spacial score (nSPS) is 21.4. The van der Waals surface area contributed by atoms with Gasteiger partial charge in [-0.25, -0.2) is 0 Å². The van der Waals surface area contributed by atoms with E-state index in [9.17, 15) is 9.59 Å². The van der Waals surface area contributed by atoms with Gasteiger partial charge in [-0.2, -0.15) is 0 Å². The van der Waals surface area contributed by atoms with Crippen molar-refractivity contribution < 1.29 is 14.3 Å². The predicted molar refractivity (Wildman–Crippen MR) is 71.6 cm³/mol. The lowest BCUT2D eigenvalue weighted by Gasteiger charge is -2.42. The van der Waals surface area contributed by atoms with Crippen LogP contribution < -0.4 is 0 Å². The van der Waals surface area contributed by atoms with E-state index in [2.05, 4.69) is 6.58 Å². The Kier molecular flexibility index (Phi) is 4.24. The van der Waals surface area contributed by atoms with Crippen LogP contribution in [0, 0.1) is 0 Å². The molecule has 5 heteroatoms. The third kappa shape index (κ3) is 2.81. The fourth-order valence-electron chi connectivity index (χ4n) is 3.12. The Hall–Kier alpha value is -1.36. The molecule has 2 aliphatic heterocycles. The number of carbonyl (C=O) groups excluding carboxylic acids is 2. The highest BCUT2D eigenvalue weighted by atomic mass is 16.5. The van der Waals surface area contributed by atoms with Crippen LogP contribution in [0.15, 0.2) is 12.7 Å². The molecule has 2 fully saturated rings. The summed E-state index contributed by atoms with van der Waals surface area (Å²) in [6.07, 6.45) is 5.17. The summed E-state index contributed by atoms with van der Waals surface area (Å²) < 4.78 is 5.41. The highest BCUT2D eigenvalue weighted by molar-refractivity contribution is 5.90. The van der Waals surface area contributed by atoms with Crippen LogP contribution in [0.25, 0.3) is 0 Å². The Balaban J connectivity index is 2.01. The molecule has 0 saturated carbocycles. The van der Waals surface area contributed by atoms with Crippen LogP contribution in [0.5, 0.6) is 0 Å². The summed E-state index contributed by atoms with van der Waals surface area (Å²) in [5.41, 5.74) is -0.0204. The number of amides is 2. The van der Waals surface area contributed by atoms with Gasteiger partial charge in [0.05, 0.1) is 6.54 Å². The second-order valence-corrected chi connectivity index (χ2v) is 5.38. The minimum atomic E-state index is -0.214. The molecule has 0 atom stereocenters. The first-order valence-corrected chi connectivity index (χ1v) is 6.85. The van der Waals surface area contributed by atoms with Crippen molar-refractivity contribution in [2.75, 3.05) is 33.4 Å². The van der Waals surface area contributed by atoms with Gasteiger partial charge in [0.2, 0.25) is 11.8 Å². The number of hydrogen-bond donors (Lipinski definition) is 0. The van der Waals surface area contributed by atoms with Gasteiger partial charge < -0.3 is 14.5 Å². The van der Waals surface area contributed by atoms with Crippen LogP contribution in [0.4, 0.5) is 0 Å². The lowest BCUT2D eigenvalue weighted by Crippen LogP contribution is -2.53. The Labute approximate surface area is 114 Å². The molecule has 1 spiro atoms. The van der Waals surface area contributed by atoms with E-state index in [4.69, 9.17) is 4.74 Å².